The third-order valence-corrected chi connectivity index (χ3v) is 28.8. The summed E-state index contributed by atoms with van der Waals surface area (Å²) in [5, 5.41) is 31.2. The van der Waals surface area contributed by atoms with Gasteiger partial charge >= 0.3 is 30.2 Å². The zero-order chi connectivity index (χ0) is 99.2. The van der Waals surface area contributed by atoms with E-state index >= 15 is 0 Å². The van der Waals surface area contributed by atoms with Crippen molar-refractivity contribution in [3.05, 3.63) is 0 Å². The van der Waals surface area contributed by atoms with Gasteiger partial charge in [0.05, 0.1) is 12.6 Å². The van der Waals surface area contributed by atoms with Gasteiger partial charge in [0.15, 0.2) is 0 Å². The van der Waals surface area contributed by atoms with Gasteiger partial charge in [-0.25, -0.2) is 43.5 Å². The Balaban J connectivity index is 0.00000150. The van der Waals surface area contributed by atoms with Crippen LogP contribution in [0.5, 0.6) is 0 Å². The summed E-state index contributed by atoms with van der Waals surface area (Å²) in [6, 6.07) is -1.36. The molecule has 6 aliphatic rings. The maximum atomic E-state index is 13.6. The SMILES string of the molecule is CC(N)CN.CC(N)CNC(=O)NC1CC(C)(C)CC(C)(CCC(=O)CC(C)CNC(=O)NC2CC(C)(C)CC(C)(CCC(=O)CC(C)CNC(=O)NC3CC(C)(C)CC(C)(CCC(=O)CC(C)CNC(=O)NC4CC(C)(C)CC(C)(CCC(=O)CC(C)CNC(=O)NC5CC(C)(C)CC(C)(CCC(=O)CC(C)CN)C5)C4)C3)C2)C1.CC1(C)CC(N=C=O)CC(C)(CN=C=O)C1. The molecule has 28 nitrogen and oxygen atoms in total. The first-order valence-corrected chi connectivity index (χ1v) is 50.1. The molecule has 18 N–H and O–H groups in total. The lowest BCUT2D eigenvalue weighted by Gasteiger charge is -2.47. The van der Waals surface area contributed by atoms with Crippen molar-refractivity contribution in [3.8, 4) is 0 Å². The number of rotatable bonds is 45. The van der Waals surface area contributed by atoms with Crippen molar-refractivity contribution in [3.63, 3.8) is 0 Å². The Morgan fingerprint density at radius 2 is 0.519 bits per heavy atom. The average molecular weight is 1840 g/mol. The molecule has 0 aromatic heterocycles. The first kappa shape index (κ1) is 117. The molecule has 19 atom stereocenters. The number of amides is 10. The fourth-order valence-electron chi connectivity index (χ4n) is 25.3. The minimum atomic E-state index is -0.253. The smallest absolute Gasteiger partial charge is 0.315 e. The standard InChI is InChI=1S/C88H160N12O10.C12H18N2O2.C3H10N2/c1-58(47-89)32-69(101)22-27-84(17)42-64(37-79(7,8)53-84)96-74(106)91-48-59(2)33-70(102)23-28-85(18)43-65(38-80(9,10)54-85)97-75(107)92-49-60(3)34-71(103)24-29-86(19)44-66(39-81(11,12)55-86)98-76(108)93-50-61(4)35-72(104)25-30-87(20)45-67(40-82(13,14)56-87)99-77(109)94-51-62(5)36-73(105)26-31-88(21)46-68(41-83(15,16)57-88)100-78(110)95-52-63(6)90;1-11(2)4-10(14-9-16)5-12(3,6-11)7-13-8-15;1-3(5)2-4/h58-68H,22-57,89-90H2,1-21H3,(H2,91,96,106)(H2,92,97,107)(H2,93,98,108)(H2,94,99,109)(H2,95,100,110);10H,4-7H2,1-3H3;3H,2,4-5H2,1H3. The van der Waals surface area contributed by atoms with Crippen LogP contribution >= 0.6 is 0 Å². The highest BCUT2D eigenvalue weighted by molar-refractivity contribution is 5.82. The number of isocyanates is 2. The van der Waals surface area contributed by atoms with E-state index in [4.69, 9.17) is 22.9 Å². The molecular weight excluding hydrogens is 1650 g/mol. The summed E-state index contributed by atoms with van der Waals surface area (Å²) in [6.07, 6.45) is 26.5. The highest BCUT2D eigenvalue weighted by Gasteiger charge is 2.48. The molecule has 19 unspecified atom stereocenters. The molecule has 0 heterocycles. The van der Waals surface area contributed by atoms with Crippen LogP contribution in [0.1, 0.15) is 385 Å². The van der Waals surface area contributed by atoms with E-state index in [1.807, 2.05) is 48.5 Å². The number of ketones is 5. The number of nitrogens with one attached hydrogen (secondary N) is 10. The van der Waals surface area contributed by atoms with E-state index in [9.17, 15) is 57.5 Å². The lowest BCUT2D eigenvalue weighted by Crippen LogP contribution is -2.51. The molecule has 0 aliphatic heterocycles. The Bertz CT molecular complexity index is 3800. The monoisotopic (exact) mass is 1840 g/mol. The minimum Gasteiger partial charge on any atom is -0.338 e. The fraction of sp³-hybridized carbons (Fsp3) is 0.883. The minimum absolute atomic E-state index is 0.00750. The van der Waals surface area contributed by atoms with E-state index in [0.717, 1.165) is 128 Å². The zero-order valence-corrected chi connectivity index (χ0v) is 86.6. The van der Waals surface area contributed by atoms with E-state index in [0.29, 0.717) is 136 Å². The Morgan fingerprint density at radius 1 is 0.298 bits per heavy atom. The number of nitrogens with zero attached hydrogens (tertiary/aromatic N) is 2. The Morgan fingerprint density at radius 3 is 0.733 bits per heavy atom. The number of nitrogens with two attached hydrogens (primary N) is 4. The maximum absolute atomic E-state index is 13.6. The molecule has 0 aromatic rings. The van der Waals surface area contributed by atoms with Crippen LogP contribution in [-0.4, -0.2) is 172 Å². The predicted octanol–water partition coefficient (Wildman–Crippen LogP) is 17.1. The van der Waals surface area contributed by atoms with Crippen LogP contribution in [0.2, 0.25) is 0 Å². The molecule has 0 radical (unpaired) electrons. The van der Waals surface area contributed by atoms with E-state index in [1.54, 1.807) is 12.2 Å². The molecule has 0 bridgehead atoms. The van der Waals surface area contributed by atoms with Crippen molar-refractivity contribution in [1.82, 2.24) is 53.2 Å². The summed E-state index contributed by atoms with van der Waals surface area (Å²) < 4.78 is 0. The second-order valence-corrected chi connectivity index (χ2v) is 50.6. The van der Waals surface area contributed by atoms with E-state index in [1.165, 1.54) is 0 Å². The number of Topliss-reactive ketones (excluding diaryl/α,β-unsaturated/α-hetero) is 5. The van der Waals surface area contributed by atoms with Gasteiger partial charge in [-0.1, -0.05) is 159 Å². The summed E-state index contributed by atoms with van der Waals surface area (Å²) >= 11 is 0. The molecule has 28 heteroatoms. The number of hydrogen-bond acceptors (Lipinski definition) is 18. The van der Waals surface area contributed by atoms with Gasteiger partial charge in [0, 0.05) is 146 Å². The summed E-state index contributed by atoms with van der Waals surface area (Å²) in [4.78, 5) is 161. The molecule has 131 heavy (non-hydrogen) atoms. The van der Waals surface area contributed by atoms with Gasteiger partial charge in [0.1, 0.15) is 28.9 Å². The van der Waals surface area contributed by atoms with Crippen molar-refractivity contribution in [2.45, 2.75) is 433 Å². The predicted molar refractivity (Wildman–Crippen MR) is 526 cm³/mol. The van der Waals surface area contributed by atoms with Crippen LogP contribution in [0.25, 0.3) is 0 Å². The second kappa shape index (κ2) is 51.5. The van der Waals surface area contributed by atoms with Crippen LogP contribution < -0.4 is 76.1 Å². The molecule has 6 fully saturated rings. The van der Waals surface area contributed by atoms with Gasteiger partial charge in [-0.3, -0.25) is 24.0 Å². The Kier molecular flexibility index (Phi) is 45.8. The largest absolute Gasteiger partial charge is 0.338 e. The quantitative estimate of drug-likeness (QED) is 0.0199. The van der Waals surface area contributed by atoms with Gasteiger partial charge in [-0.2, -0.15) is 0 Å². The second-order valence-electron chi connectivity index (χ2n) is 50.6. The number of urea groups is 5. The maximum Gasteiger partial charge on any atom is 0.315 e. The van der Waals surface area contributed by atoms with Crippen molar-refractivity contribution in [1.29, 1.82) is 0 Å². The highest BCUT2D eigenvalue weighted by Crippen LogP contribution is 2.54. The van der Waals surface area contributed by atoms with Crippen molar-refractivity contribution in [2.75, 3.05) is 52.4 Å². The zero-order valence-electron chi connectivity index (χ0n) is 86.6. The van der Waals surface area contributed by atoms with E-state index in [2.05, 4.69) is 188 Å². The van der Waals surface area contributed by atoms with Gasteiger partial charge < -0.3 is 76.1 Å². The van der Waals surface area contributed by atoms with E-state index < -0.39 is 0 Å². The molecular formula is C103H188N16O12. The van der Waals surface area contributed by atoms with E-state index in [-0.39, 0.29) is 202 Å². The average Bonchev–Trinajstić information content (AvgIpc) is 0.826. The Labute approximate surface area is 791 Å². The molecule has 0 saturated heterocycles. The molecule has 6 rings (SSSR count). The normalized spacial score (nSPS) is 29.4. The molecule has 6 saturated carbocycles. The highest BCUT2D eigenvalue weighted by atomic mass is 16.2. The fourth-order valence-corrected chi connectivity index (χ4v) is 25.3. The first-order chi connectivity index (χ1) is 60.3. The summed E-state index contributed by atoms with van der Waals surface area (Å²) in [6.45, 7) is 57.0. The lowest BCUT2D eigenvalue weighted by atomic mass is 9.61. The van der Waals surface area contributed by atoms with Crippen molar-refractivity contribution < 1.29 is 57.5 Å². The molecule has 0 spiro atoms. The van der Waals surface area contributed by atoms with Crippen LogP contribution in [0.15, 0.2) is 9.98 Å². The van der Waals surface area contributed by atoms with Crippen LogP contribution in [-0.2, 0) is 33.6 Å². The summed E-state index contributed by atoms with van der Waals surface area (Å²) in [5.74, 6) is 0.896. The first-order valence-electron chi connectivity index (χ1n) is 50.1. The van der Waals surface area contributed by atoms with Crippen molar-refractivity contribution in [2.24, 2.45) is 127 Å². The lowest BCUT2D eigenvalue weighted by molar-refractivity contribution is -0.121. The van der Waals surface area contributed by atoms with Crippen LogP contribution in [0, 0.1) is 94.6 Å². The van der Waals surface area contributed by atoms with Gasteiger partial charge in [0.2, 0.25) is 12.2 Å². The van der Waals surface area contributed by atoms with Gasteiger partial charge in [-0.05, 0) is 263 Å². The van der Waals surface area contributed by atoms with Crippen LogP contribution in [0.3, 0.4) is 0 Å². The summed E-state index contributed by atoms with van der Waals surface area (Å²) in [7, 11) is 0. The van der Waals surface area contributed by atoms with Gasteiger partial charge in [-0.15, -0.1) is 0 Å². The van der Waals surface area contributed by atoms with Crippen molar-refractivity contribution >= 4 is 71.2 Å². The molecule has 10 amide bonds. The van der Waals surface area contributed by atoms with Crippen LogP contribution in [0.4, 0.5) is 24.0 Å². The third kappa shape index (κ3) is 47.1. The number of carbonyl (C=O) groups is 10. The number of hydrogen-bond donors (Lipinski definition) is 14. The Hall–Kier alpha value is -6.70. The molecule has 0 aromatic carbocycles. The van der Waals surface area contributed by atoms with Gasteiger partial charge in [0.25, 0.3) is 0 Å². The number of carbonyl (C=O) groups excluding carboxylic acids is 12. The number of aliphatic imine (C=N–C) groups is 2. The summed E-state index contributed by atoms with van der Waals surface area (Å²) in [5.41, 5.74) is 21.1. The molecule has 752 valence electrons. The molecule has 6 aliphatic carbocycles. The third-order valence-electron chi connectivity index (χ3n) is 28.8. The topological polar surface area (TPSA) is 454 Å².